The lowest BCUT2D eigenvalue weighted by Gasteiger charge is -2.43. The molecule has 0 atom stereocenters. The van der Waals surface area contributed by atoms with Gasteiger partial charge in [-0.05, 0) is 94.7 Å². The summed E-state index contributed by atoms with van der Waals surface area (Å²) in [4.78, 5) is 11.4. The maximum Gasteiger partial charge on any atom is 0.335 e. The third kappa shape index (κ3) is 3.62. The third-order valence-corrected chi connectivity index (χ3v) is 8.51. The van der Waals surface area contributed by atoms with Gasteiger partial charge in [-0.25, -0.2) is 4.79 Å². The first-order chi connectivity index (χ1) is 17.1. The van der Waals surface area contributed by atoms with E-state index >= 15 is 0 Å². The van der Waals surface area contributed by atoms with Gasteiger partial charge in [0.05, 0.1) is 24.1 Å². The number of carbonyl (C=O) groups is 1. The molecule has 36 heavy (non-hydrogen) atoms. The van der Waals surface area contributed by atoms with Gasteiger partial charge < -0.3 is 14.1 Å². The lowest BCUT2D eigenvalue weighted by Crippen LogP contribution is -2.34. The molecule has 4 heteroatoms. The molecule has 4 nitrogen and oxygen atoms in total. The second kappa shape index (κ2) is 7.99. The zero-order chi connectivity index (χ0) is 25.2. The van der Waals surface area contributed by atoms with Crippen LogP contribution >= 0.6 is 0 Å². The number of rotatable bonds is 4. The fraction of sp³-hybridized carbons (Fsp3) is 0.344. The predicted octanol–water partition coefficient (Wildman–Crippen LogP) is 7.61. The number of hydrogen-bond donors (Lipinski definition) is 1. The van der Waals surface area contributed by atoms with Gasteiger partial charge in [0.2, 0.25) is 0 Å². The number of furan rings is 1. The minimum absolute atomic E-state index is 0.144. The van der Waals surface area contributed by atoms with Gasteiger partial charge in [-0.3, -0.25) is 0 Å². The summed E-state index contributed by atoms with van der Waals surface area (Å²) < 4.78 is 8.07. The molecule has 0 fully saturated rings. The van der Waals surface area contributed by atoms with Crippen LogP contribution in [-0.4, -0.2) is 15.6 Å². The SMILES string of the molecule is CC1(C)CCC(C)(C)c2cc3c(cc21)CCc1c(-c2ccc(C(=O)O)cc2)cn(Cc2ccco2)c1-3. The van der Waals surface area contributed by atoms with Crippen molar-refractivity contribution in [2.24, 2.45) is 0 Å². The first-order valence-electron chi connectivity index (χ1n) is 12.9. The summed E-state index contributed by atoms with van der Waals surface area (Å²) in [7, 11) is 0. The van der Waals surface area contributed by atoms with Crippen molar-refractivity contribution in [2.75, 3.05) is 0 Å². The molecule has 2 aromatic carbocycles. The Balaban J connectivity index is 1.56. The van der Waals surface area contributed by atoms with Crippen molar-refractivity contribution in [1.82, 2.24) is 4.57 Å². The van der Waals surface area contributed by atoms with Crippen LogP contribution in [0.25, 0.3) is 22.4 Å². The molecular weight excluding hydrogens is 446 g/mol. The van der Waals surface area contributed by atoms with Crippen molar-refractivity contribution in [1.29, 1.82) is 0 Å². The molecule has 2 aromatic heterocycles. The molecule has 2 aliphatic rings. The molecule has 0 unspecified atom stereocenters. The third-order valence-electron chi connectivity index (χ3n) is 8.51. The molecule has 1 N–H and O–H groups in total. The second-order valence-corrected chi connectivity index (χ2v) is 11.8. The molecule has 0 bridgehead atoms. The fourth-order valence-corrected chi connectivity index (χ4v) is 6.25. The predicted molar refractivity (Wildman–Crippen MR) is 143 cm³/mol. The van der Waals surface area contributed by atoms with Crippen LogP contribution in [0.3, 0.4) is 0 Å². The van der Waals surface area contributed by atoms with Crippen molar-refractivity contribution in [3.05, 3.63) is 94.6 Å². The zero-order valence-electron chi connectivity index (χ0n) is 21.5. The maximum atomic E-state index is 11.4. The molecule has 0 aliphatic heterocycles. The van der Waals surface area contributed by atoms with Crippen LogP contribution in [0.5, 0.6) is 0 Å². The van der Waals surface area contributed by atoms with Gasteiger partial charge in [-0.15, -0.1) is 0 Å². The Morgan fingerprint density at radius 2 is 1.64 bits per heavy atom. The quantitative estimate of drug-likeness (QED) is 0.328. The summed E-state index contributed by atoms with van der Waals surface area (Å²) in [6.07, 6.45) is 8.33. The van der Waals surface area contributed by atoms with E-state index in [2.05, 4.69) is 50.6 Å². The van der Waals surface area contributed by atoms with Crippen LogP contribution < -0.4 is 0 Å². The minimum Gasteiger partial charge on any atom is -0.478 e. The number of carboxylic acid groups (broad SMARTS) is 1. The van der Waals surface area contributed by atoms with E-state index in [9.17, 15) is 9.90 Å². The Bertz CT molecular complexity index is 1470. The van der Waals surface area contributed by atoms with Crippen LogP contribution in [0.4, 0.5) is 0 Å². The van der Waals surface area contributed by atoms with Crippen LogP contribution in [0, 0.1) is 0 Å². The smallest absolute Gasteiger partial charge is 0.335 e. The van der Waals surface area contributed by atoms with E-state index in [1.807, 2.05) is 24.3 Å². The van der Waals surface area contributed by atoms with Crippen molar-refractivity contribution in [2.45, 2.75) is 70.8 Å². The molecule has 0 spiro atoms. The lowest BCUT2D eigenvalue weighted by atomic mass is 9.62. The summed E-state index contributed by atoms with van der Waals surface area (Å²) in [5.41, 5.74) is 11.2. The summed E-state index contributed by atoms with van der Waals surface area (Å²) >= 11 is 0. The number of fused-ring (bicyclic) bond motifs is 4. The number of benzene rings is 2. The van der Waals surface area contributed by atoms with Crippen LogP contribution in [0.2, 0.25) is 0 Å². The van der Waals surface area contributed by atoms with E-state index < -0.39 is 5.97 Å². The summed E-state index contributed by atoms with van der Waals surface area (Å²) in [6.45, 7) is 10.2. The fourth-order valence-electron chi connectivity index (χ4n) is 6.25. The van der Waals surface area contributed by atoms with Crippen LogP contribution in [-0.2, 0) is 30.2 Å². The Morgan fingerprint density at radius 1 is 0.944 bits per heavy atom. The Hall–Kier alpha value is -3.53. The highest BCUT2D eigenvalue weighted by atomic mass is 16.4. The highest BCUT2D eigenvalue weighted by Gasteiger charge is 2.39. The summed E-state index contributed by atoms with van der Waals surface area (Å²) in [6, 6.07) is 16.2. The van der Waals surface area contributed by atoms with Crippen molar-refractivity contribution in [3.8, 4) is 22.4 Å². The van der Waals surface area contributed by atoms with E-state index in [0.29, 0.717) is 12.1 Å². The number of aromatic nitrogens is 1. The normalized spacial score (nSPS) is 17.2. The van der Waals surface area contributed by atoms with Crippen LogP contribution in [0.1, 0.15) is 78.9 Å². The monoisotopic (exact) mass is 479 g/mol. The number of aryl methyl sites for hydroxylation is 1. The van der Waals surface area contributed by atoms with Crippen molar-refractivity contribution in [3.63, 3.8) is 0 Å². The summed E-state index contributed by atoms with van der Waals surface area (Å²) in [5, 5.41) is 9.36. The van der Waals surface area contributed by atoms with E-state index in [-0.39, 0.29) is 10.8 Å². The Morgan fingerprint density at radius 3 is 2.28 bits per heavy atom. The van der Waals surface area contributed by atoms with Crippen LogP contribution in [0.15, 0.2) is 65.4 Å². The Labute approximate surface area is 212 Å². The molecule has 184 valence electrons. The first kappa shape index (κ1) is 22.9. The average Bonchev–Trinajstić information content (AvgIpc) is 3.50. The van der Waals surface area contributed by atoms with E-state index in [0.717, 1.165) is 24.2 Å². The number of aromatic carboxylic acids is 1. The van der Waals surface area contributed by atoms with Gasteiger partial charge in [0.1, 0.15) is 5.76 Å². The van der Waals surface area contributed by atoms with Gasteiger partial charge in [0.15, 0.2) is 0 Å². The van der Waals surface area contributed by atoms with Gasteiger partial charge in [-0.2, -0.15) is 0 Å². The molecule has 0 saturated carbocycles. The average molecular weight is 480 g/mol. The molecular formula is C32H33NO3. The molecule has 6 rings (SSSR count). The molecule has 0 amide bonds. The summed E-state index contributed by atoms with van der Waals surface area (Å²) in [5.74, 6) is 0.0235. The maximum absolute atomic E-state index is 11.4. The number of hydrogen-bond acceptors (Lipinski definition) is 2. The highest BCUT2D eigenvalue weighted by Crippen LogP contribution is 2.50. The largest absolute Gasteiger partial charge is 0.478 e. The molecule has 2 aliphatic carbocycles. The van der Waals surface area contributed by atoms with Crippen molar-refractivity contribution < 1.29 is 14.3 Å². The topological polar surface area (TPSA) is 55.4 Å². The van der Waals surface area contributed by atoms with E-state index in [4.69, 9.17) is 4.42 Å². The molecule has 2 heterocycles. The van der Waals surface area contributed by atoms with Gasteiger partial charge in [0, 0.05) is 17.3 Å². The minimum atomic E-state index is -0.900. The first-order valence-corrected chi connectivity index (χ1v) is 12.9. The molecule has 0 saturated heterocycles. The number of nitrogens with zero attached hydrogens (tertiary/aromatic N) is 1. The van der Waals surface area contributed by atoms with Gasteiger partial charge >= 0.3 is 5.97 Å². The molecule has 0 radical (unpaired) electrons. The second-order valence-electron chi connectivity index (χ2n) is 11.8. The van der Waals surface area contributed by atoms with E-state index in [1.165, 1.54) is 51.9 Å². The number of carboxylic acids is 1. The van der Waals surface area contributed by atoms with E-state index in [1.54, 1.807) is 18.4 Å². The van der Waals surface area contributed by atoms with Gasteiger partial charge in [-0.1, -0.05) is 45.9 Å². The zero-order valence-corrected chi connectivity index (χ0v) is 21.5. The standard InChI is InChI=1S/C32H33NO3/c1-31(2)13-14-32(3,4)28-17-25-22(16-27(28)31)11-12-24-26(20-7-9-21(10-8-20)30(34)35)19-33(29(24)25)18-23-6-5-15-36-23/h5-10,15-17,19H,11-14,18H2,1-4H3,(H,34,35). The highest BCUT2D eigenvalue weighted by molar-refractivity contribution is 5.89. The van der Waals surface area contributed by atoms with Gasteiger partial charge in [0.25, 0.3) is 0 Å². The molecule has 4 aromatic rings. The Kier molecular flexibility index (Phi) is 5.08. The van der Waals surface area contributed by atoms with Crippen molar-refractivity contribution >= 4 is 5.97 Å². The lowest BCUT2D eigenvalue weighted by molar-refractivity contribution is 0.0697.